The van der Waals surface area contributed by atoms with E-state index >= 15 is 0 Å². The normalized spacial score (nSPS) is 20.3. The van der Waals surface area contributed by atoms with Gasteiger partial charge >= 0.3 is 6.09 Å². The Labute approximate surface area is 205 Å². The molecule has 34 heavy (non-hydrogen) atoms. The van der Waals surface area contributed by atoms with E-state index in [0.29, 0.717) is 29.9 Å². The van der Waals surface area contributed by atoms with Crippen LogP contribution in [0.5, 0.6) is 0 Å². The van der Waals surface area contributed by atoms with Crippen LogP contribution < -0.4 is 0 Å². The zero-order chi connectivity index (χ0) is 23.9. The third kappa shape index (κ3) is 4.67. The van der Waals surface area contributed by atoms with Crippen molar-refractivity contribution in [2.24, 2.45) is 0 Å². The van der Waals surface area contributed by atoms with Gasteiger partial charge in [-0.2, -0.15) is 0 Å². The summed E-state index contributed by atoms with van der Waals surface area (Å²) in [6.45, 7) is 6.35. The number of halogens is 1. The van der Waals surface area contributed by atoms with Crippen LogP contribution in [-0.4, -0.2) is 36.3 Å². The van der Waals surface area contributed by atoms with Gasteiger partial charge in [0.15, 0.2) is 5.82 Å². The summed E-state index contributed by atoms with van der Waals surface area (Å²) in [5.74, 6) is 2.56. The molecule has 2 aromatic heterocycles. The second-order valence-electron chi connectivity index (χ2n) is 10.3. The van der Waals surface area contributed by atoms with E-state index in [-0.39, 0.29) is 6.09 Å². The van der Waals surface area contributed by atoms with Crippen molar-refractivity contribution in [3.05, 3.63) is 70.5 Å². The Bertz CT molecular complexity index is 1180. The van der Waals surface area contributed by atoms with Crippen molar-refractivity contribution in [3.63, 3.8) is 0 Å². The zero-order valence-corrected chi connectivity index (χ0v) is 20.6. The number of aromatic nitrogens is 4. The molecule has 0 radical (unpaired) electrons. The third-order valence-corrected chi connectivity index (χ3v) is 6.87. The molecule has 0 N–H and O–H groups in total. The Kier molecular flexibility index (Phi) is 6.06. The molecule has 0 bridgehead atoms. The molecule has 5 rings (SSSR count). The van der Waals surface area contributed by atoms with Crippen LogP contribution in [0.4, 0.5) is 4.79 Å². The first-order chi connectivity index (χ1) is 16.3. The van der Waals surface area contributed by atoms with Crippen molar-refractivity contribution in [2.75, 3.05) is 0 Å². The number of nitrogens with zero attached hydrogens (tertiary/aromatic N) is 5. The summed E-state index contributed by atoms with van der Waals surface area (Å²) in [7, 11) is 0. The number of hydrogen-bond acceptors (Lipinski definition) is 5. The monoisotopic (exact) mass is 479 g/mol. The van der Waals surface area contributed by atoms with Crippen LogP contribution in [0.15, 0.2) is 42.7 Å². The van der Waals surface area contributed by atoms with Crippen LogP contribution in [-0.2, 0) is 17.8 Å². The van der Waals surface area contributed by atoms with E-state index in [1.165, 1.54) is 5.56 Å². The number of pyridine rings is 1. The Morgan fingerprint density at radius 2 is 1.82 bits per heavy atom. The van der Waals surface area contributed by atoms with Gasteiger partial charge in [0, 0.05) is 23.3 Å². The first kappa shape index (κ1) is 22.8. The number of amides is 1. The molecular weight excluding hydrogens is 450 g/mol. The lowest BCUT2D eigenvalue weighted by Crippen LogP contribution is -2.35. The number of ether oxygens (including phenoxy) is 1. The predicted molar refractivity (Wildman–Crippen MR) is 130 cm³/mol. The van der Waals surface area contributed by atoms with Crippen LogP contribution in [0, 0.1) is 0 Å². The summed E-state index contributed by atoms with van der Waals surface area (Å²) in [5, 5.41) is 9.82. The minimum absolute atomic E-state index is 0.311. The van der Waals surface area contributed by atoms with Crippen molar-refractivity contribution in [2.45, 2.75) is 77.0 Å². The highest BCUT2D eigenvalue weighted by atomic mass is 35.5. The molecule has 0 saturated heterocycles. The minimum Gasteiger partial charge on any atom is -0.444 e. The lowest BCUT2D eigenvalue weighted by atomic mass is 9.79. The Balaban J connectivity index is 1.45. The van der Waals surface area contributed by atoms with Crippen molar-refractivity contribution >= 4 is 17.7 Å². The maximum absolute atomic E-state index is 13.0. The highest BCUT2D eigenvalue weighted by Gasteiger charge is 2.33. The highest BCUT2D eigenvalue weighted by molar-refractivity contribution is 6.30. The van der Waals surface area contributed by atoms with E-state index in [4.69, 9.17) is 16.3 Å². The van der Waals surface area contributed by atoms with Gasteiger partial charge in [0.2, 0.25) is 0 Å². The maximum Gasteiger partial charge on any atom is 0.411 e. The van der Waals surface area contributed by atoms with Crippen molar-refractivity contribution in [1.82, 2.24) is 24.6 Å². The summed E-state index contributed by atoms with van der Waals surface area (Å²) < 4.78 is 7.81. The van der Waals surface area contributed by atoms with Crippen LogP contribution in [0.3, 0.4) is 0 Å². The minimum atomic E-state index is -0.577. The summed E-state index contributed by atoms with van der Waals surface area (Å²) in [5.41, 5.74) is 2.68. The molecule has 0 atom stereocenters. The molecule has 0 unspecified atom stereocenters. The van der Waals surface area contributed by atoms with Gasteiger partial charge in [-0.25, -0.2) is 4.79 Å². The van der Waals surface area contributed by atoms with Gasteiger partial charge in [-0.05, 0) is 87.8 Å². The molecule has 1 saturated carbocycles. The van der Waals surface area contributed by atoms with E-state index in [2.05, 4.69) is 25.8 Å². The predicted octanol–water partition coefficient (Wildman–Crippen LogP) is 6.01. The number of hydrogen-bond donors (Lipinski definition) is 0. The van der Waals surface area contributed by atoms with Gasteiger partial charge < -0.3 is 4.74 Å². The summed E-state index contributed by atoms with van der Waals surface area (Å²) in [6.07, 6.45) is 7.71. The molecule has 3 aromatic rings. The van der Waals surface area contributed by atoms with E-state index in [9.17, 15) is 4.79 Å². The van der Waals surface area contributed by atoms with Gasteiger partial charge in [-0.15, -0.1) is 10.2 Å². The average Bonchev–Trinajstić information content (AvgIpc) is 3.14. The molecular formula is C26H30ClN5O2. The lowest BCUT2D eigenvalue weighted by Gasteiger charge is -2.28. The Morgan fingerprint density at radius 1 is 1.06 bits per heavy atom. The molecule has 178 valence electrons. The van der Waals surface area contributed by atoms with Crippen LogP contribution in [0.1, 0.15) is 81.1 Å². The molecule has 7 nitrogen and oxygen atoms in total. The molecule has 1 aliphatic carbocycles. The summed E-state index contributed by atoms with van der Waals surface area (Å²) >= 11 is 6.35. The van der Waals surface area contributed by atoms with Crippen LogP contribution >= 0.6 is 11.6 Å². The molecule has 1 fully saturated rings. The molecule has 2 aliphatic rings. The summed E-state index contributed by atoms with van der Waals surface area (Å²) in [6, 6.07) is 10.0. The van der Waals surface area contributed by atoms with Gasteiger partial charge in [-0.3, -0.25) is 14.5 Å². The lowest BCUT2D eigenvalue weighted by molar-refractivity contribution is 0.0214. The summed E-state index contributed by atoms with van der Waals surface area (Å²) in [4.78, 5) is 18.9. The van der Waals surface area contributed by atoms with Crippen molar-refractivity contribution in [1.29, 1.82) is 0 Å². The van der Waals surface area contributed by atoms with E-state index in [1.807, 2.05) is 57.4 Å². The zero-order valence-electron chi connectivity index (χ0n) is 19.9. The number of carbonyl (C=O) groups is 1. The third-order valence-electron chi connectivity index (χ3n) is 6.63. The van der Waals surface area contributed by atoms with E-state index < -0.39 is 5.60 Å². The standard InChI is InChI=1S/C26H30ClN5O2/c1-26(2,3)34-25(33)31-15-20-13-21(27)10-11-22(20)32-23(16-31)29-30-24(32)18-8-6-17(7-9-18)19-5-4-12-28-14-19/h4-5,10-14,17-18H,6-9,15-16H2,1-3H3/t17-,18-. The maximum atomic E-state index is 13.0. The quantitative estimate of drug-likeness (QED) is 0.450. The fourth-order valence-electron chi connectivity index (χ4n) is 5.05. The van der Waals surface area contributed by atoms with Crippen molar-refractivity contribution < 1.29 is 9.53 Å². The second kappa shape index (κ2) is 9.02. The largest absolute Gasteiger partial charge is 0.444 e. The van der Waals surface area contributed by atoms with Gasteiger partial charge in [-0.1, -0.05) is 17.7 Å². The van der Waals surface area contributed by atoms with Gasteiger partial charge in [0.1, 0.15) is 11.4 Å². The van der Waals surface area contributed by atoms with Gasteiger partial charge in [0.05, 0.1) is 18.8 Å². The second-order valence-corrected chi connectivity index (χ2v) is 10.7. The first-order valence-corrected chi connectivity index (χ1v) is 12.3. The van der Waals surface area contributed by atoms with Gasteiger partial charge in [0.25, 0.3) is 0 Å². The van der Waals surface area contributed by atoms with Crippen molar-refractivity contribution in [3.8, 4) is 5.69 Å². The fraction of sp³-hybridized carbons (Fsp3) is 0.462. The van der Waals surface area contributed by atoms with Crippen LogP contribution in [0.25, 0.3) is 5.69 Å². The molecule has 1 amide bonds. The molecule has 3 heterocycles. The first-order valence-electron chi connectivity index (χ1n) is 11.9. The number of benzene rings is 1. The molecule has 1 aliphatic heterocycles. The highest BCUT2D eigenvalue weighted by Crippen LogP contribution is 2.41. The smallest absolute Gasteiger partial charge is 0.411 e. The number of rotatable bonds is 2. The average molecular weight is 480 g/mol. The Hall–Kier alpha value is -2.93. The molecule has 8 heteroatoms. The van der Waals surface area contributed by atoms with E-state index in [0.717, 1.165) is 48.6 Å². The molecule has 1 aromatic carbocycles. The molecule has 0 spiro atoms. The van der Waals surface area contributed by atoms with E-state index in [1.54, 1.807) is 4.90 Å². The fourth-order valence-corrected chi connectivity index (χ4v) is 5.24. The van der Waals surface area contributed by atoms with Crippen LogP contribution in [0.2, 0.25) is 5.02 Å². The Morgan fingerprint density at radius 3 is 2.53 bits per heavy atom. The SMILES string of the molecule is CC(C)(C)OC(=O)N1Cc2cc(Cl)ccc2-n2c(nnc2[C@H]2CC[C@H](c3cccnc3)CC2)C1. The number of carbonyl (C=O) groups excluding carboxylic acids is 1. The topological polar surface area (TPSA) is 73.1 Å². The number of fused-ring (bicyclic) bond motifs is 3.